The fourth-order valence-electron chi connectivity index (χ4n) is 3.14. The quantitative estimate of drug-likeness (QED) is 0.711. The number of nitrogens with one attached hydrogen (secondary N) is 3. The van der Waals surface area contributed by atoms with E-state index in [-0.39, 0.29) is 24.0 Å². The van der Waals surface area contributed by atoms with Gasteiger partial charge in [0.15, 0.2) is 5.82 Å². The highest BCUT2D eigenvalue weighted by molar-refractivity contribution is 6.31. The first kappa shape index (κ1) is 20.1. The molecule has 0 radical (unpaired) electrons. The van der Waals surface area contributed by atoms with Crippen LogP contribution in [0, 0.1) is 0 Å². The van der Waals surface area contributed by atoms with Gasteiger partial charge in [0.25, 0.3) is 0 Å². The van der Waals surface area contributed by atoms with E-state index in [0.717, 1.165) is 11.4 Å². The molecule has 1 aliphatic rings. The zero-order chi connectivity index (χ0) is 20.3. The molecule has 3 rings (SSSR count). The van der Waals surface area contributed by atoms with E-state index in [4.69, 9.17) is 11.6 Å². The van der Waals surface area contributed by atoms with Crippen LogP contribution in [0.5, 0.6) is 0 Å². The minimum Gasteiger partial charge on any atom is -0.350 e. The maximum atomic E-state index is 12.7. The number of hydrogen-bond acceptors (Lipinski definition) is 4. The lowest BCUT2D eigenvalue weighted by Gasteiger charge is -2.21. The monoisotopic (exact) mass is 404 g/mol. The number of nitrogens with zero attached hydrogens (tertiary/aromatic N) is 3. The first-order chi connectivity index (χ1) is 13.2. The van der Waals surface area contributed by atoms with Crippen molar-refractivity contribution < 1.29 is 9.59 Å². The molecule has 2 heterocycles. The number of hydrogen-bond donors (Lipinski definition) is 3. The fraction of sp³-hybridized carbons (Fsp3) is 0.474. The van der Waals surface area contributed by atoms with Crippen molar-refractivity contribution in [2.75, 3.05) is 0 Å². The number of carbonyl (C=O) groups is 2. The smallest absolute Gasteiger partial charge is 0.315 e. The summed E-state index contributed by atoms with van der Waals surface area (Å²) < 4.78 is 1.82. The Bertz CT molecular complexity index is 874. The third-order valence-corrected chi connectivity index (χ3v) is 4.77. The lowest BCUT2D eigenvalue weighted by molar-refractivity contribution is -0.124. The molecule has 0 saturated heterocycles. The summed E-state index contributed by atoms with van der Waals surface area (Å²) in [5, 5.41) is 17.5. The molecular weight excluding hydrogens is 380 g/mol. The number of carbonyl (C=O) groups excluding carboxylic acids is 2. The Labute approximate surface area is 169 Å². The molecule has 0 spiro atoms. The van der Waals surface area contributed by atoms with Crippen LogP contribution in [0.4, 0.5) is 4.79 Å². The Morgan fingerprint density at radius 1 is 1.18 bits per heavy atom. The molecule has 0 aliphatic carbocycles. The second-order valence-electron chi connectivity index (χ2n) is 7.82. The van der Waals surface area contributed by atoms with Crippen LogP contribution >= 0.6 is 11.6 Å². The van der Waals surface area contributed by atoms with E-state index in [2.05, 4.69) is 26.1 Å². The second-order valence-corrected chi connectivity index (χ2v) is 8.23. The molecule has 8 nitrogen and oxygen atoms in total. The summed E-state index contributed by atoms with van der Waals surface area (Å²) in [6.07, 6.45) is 1.33. The number of aromatic nitrogens is 3. The van der Waals surface area contributed by atoms with Crippen molar-refractivity contribution in [3.63, 3.8) is 0 Å². The van der Waals surface area contributed by atoms with Gasteiger partial charge in [-0.2, -0.15) is 0 Å². The number of amides is 3. The molecule has 1 aliphatic heterocycles. The molecule has 2 aromatic rings. The average Bonchev–Trinajstić information content (AvgIpc) is 3.20. The van der Waals surface area contributed by atoms with Gasteiger partial charge in [0, 0.05) is 23.5 Å². The number of fused-ring (bicyclic) bond motifs is 1. The number of aryl methyl sites for hydroxylation is 1. The van der Waals surface area contributed by atoms with Crippen molar-refractivity contribution >= 4 is 23.5 Å². The van der Waals surface area contributed by atoms with Crippen LogP contribution in [0.2, 0.25) is 5.02 Å². The molecule has 3 amide bonds. The van der Waals surface area contributed by atoms with Crippen LogP contribution in [0.3, 0.4) is 0 Å². The van der Waals surface area contributed by atoms with Gasteiger partial charge in [-0.15, -0.1) is 10.2 Å². The van der Waals surface area contributed by atoms with Crippen molar-refractivity contribution in [2.45, 2.75) is 58.3 Å². The third-order valence-electron chi connectivity index (χ3n) is 4.40. The van der Waals surface area contributed by atoms with E-state index in [1.807, 2.05) is 43.5 Å². The third kappa shape index (κ3) is 4.81. The first-order valence-electron chi connectivity index (χ1n) is 9.24. The van der Waals surface area contributed by atoms with Crippen LogP contribution < -0.4 is 16.0 Å². The topological polar surface area (TPSA) is 101 Å². The van der Waals surface area contributed by atoms with Gasteiger partial charge < -0.3 is 20.5 Å². The van der Waals surface area contributed by atoms with Crippen molar-refractivity contribution in [3.8, 4) is 0 Å². The molecule has 3 N–H and O–H groups in total. The number of halogens is 1. The van der Waals surface area contributed by atoms with Gasteiger partial charge in [0.05, 0.1) is 6.54 Å². The highest BCUT2D eigenvalue weighted by Crippen LogP contribution is 2.26. The first-order valence-corrected chi connectivity index (χ1v) is 9.62. The maximum absolute atomic E-state index is 12.7. The minimum atomic E-state index is -0.394. The molecule has 1 atom stereocenters. The number of rotatable bonds is 5. The summed E-state index contributed by atoms with van der Waals surface area (Å²) in [6.45, 7) is 6.26. The Balaban J connectivity index is 1.63. The summed E-state index contributed by atoms with van der Waals surface area (Å²) in [5.41, 5.74) is 0.526. The van der Waals surface area contributed by atoms with Gasteiger partial charge in [-0.05, 0) is 38.8 Å². The Morgan fingerprint density at radius 2 is 1.93 bits per heavy atom. The Morgan fingerprint density at radius 3 is 2.64 bits per heavy atom. The summed E-state index contributed by atoms with van der Waals surface area (Å²) in [6, 6.07) is 6.72. The van der Waals surface area contributed by atoms with Gasteiger partial charge in [-0.3, -0.25) is 4.79 Å². The highest BCUT2D eigenvalue weighted by Gasteiger charge is 2.32. The largest absolute Gasteiger partial charge is 0.350 e. The molecule has 1 unspecified atom stereocenters. The lowest BCUT2D eigenvalue weighted by Crippen LogP contribution is -2.46. The van der Waals surface area contributed by atoms with E-state index in [9.17, 15) is 9.59 Å². The normalized spacial score (nSPS) is 15.8. The van der Waals surface area contributed by atoms with E-state index >= 15 is 0 Å². The van der Waals surface area contributed by atoms with Crippen molar-refractivity contribution in [2.24, 2.45) is 0 Å². The Hall–Kier alpha value is -2.61. The zero-order valence-electron chi connectivity index (χ0n) is 16.3. The van der Waals surface area contributed by atoms with Gasteiger partial charge in [0.2, 0.25) is 5.91 Å². The molecule has 9 heteroatoms. The molecule has 1 aromatic carbocycles. The van der Waals surface area contributed by atoms with Crippen molar-refractivity contribution in [3.05, 3.63) is 46.5 Å². The molecule has 0 bridgehead atoms. The van der Waals surface area contributed by atoms with E-state index in [1.54, 1.807) is 6.07 Å². The summed E-state index contributed by atoms with van der Waals surface area (Å²) in [7, 11) is 0. The molecular formula is C19H25ClN6O2. The van der Waals surface area contributed by atoms with E-state index in [1.165, 1.54) is 0 Å². The molecule has 150 valence electrons. The van der Waals surface area contributed by atoms with Crippen LogP contribution in [0.1, 0.15) is 50.4 Å². The fourth-order valence-corrected chi connectivity index (χ4v) is 3.34. The highest BCUT2D eigenvalue weighted by atomic mass is 35.5. The predicted octanol–water partition coefficient (Wildman–Crippen LogP) is 2.33. The van der Waals surface area contributed by atoms with Crippen LogP contribution in [0.15, 0.2) is 24.3 Å². The van der Waals surface area contributed by atoms with Gasteiger partial charge >= 0.3 is 6.03 Å². The predicted molar refractivity (Wildman–Crippen MR) is 106 cm³/mol. The van der Waals surface area contributed by atoms with Crippen LogP contribution in [-0.4, -0.2) is 32.2 Å². The summed E-state index contributed by atoms with van der Waals surface area (Å²) in [4.78, 5) is 24.7. The van der Waals surface area contributed by atoms with Crippen LogP contribution in [0.25, 0.3) is 0 Å². The lowest BCUT2D eigenvalue weighted by atomic mass is 10.1. The SMILES string of the molecule is CC(C)(C)NC(=O)NCc1nnc2n1C(C(=O)NCc1ccccc1Cl)CC2. The molecule has 1 aromatic heterocycles. The van der Waals surface area contributed by atoms with Crippen molar-refractivity contribution in [1.82, 2.24) is 30.7 Å². The van der Waals surface area contributed by atoms with E-state index < -0.39 is 6.04 Å². The van der Waals surface area contributed by atoms with Gasteiger partial charge in [-0.25, -0.2) is 4.79 Å². The maximum Gasteiger partial charge on any atom is 0.315 e. The minimum absolute atomic E-state index is 0.112. The molecule has 0 fully saturated rings. The van der Waals surface area contributed by atoms with Gasteiger partial charge in [0.1, 0.15) is 11.9 Å². The van der Waals surface area contributed by atoms with E-state index in [0.29, 0.717) is 30.2 Å². The number of benzene rings is 1. The average molecular weight is 405 g/mol. The Kier molecular flexibility index (Phi) is 5.88. The number of urea groups is 1. The summed E-state index contributed by atoms with van der Waals surface area (Å²) >= 11 is 6.15. The van der Waals surface area contributed by atoms with Crippen molar-refractivity contribution in [1.29, 1.82) is 0 Å². The van der Waals surface area contributed by atoms with Crippen LogP contribution in [-0.2, 0) is 24.3 Å². The van der Waals surface area contributed by atoms with Gasteiger partial charge in [-0.1, -0.05) is 29.8 Å². The molecule has 0 saturated carbocycles. The second kappa shape index (κ2) is 8.18. The summed E-state index contributed by atoms with van der Waals surface area (Å²) in [5.74, 6) is 1.21. The standard InChI is InChI=1S/C19H25ClN6O2/c1-19(2,3)23-18(28)22-11-16-25-24-15-9-8-14(26(15)16)17(27)21-10-12-6-4-5-7-13(12)20/h4-7,14H,8-11H2,1-3H3,(H,21,27)(H2,22,23,28). The zero-order valence-corrected chi connectivity index (χ0v) is 17.0. The molecule has 28 heavy (non-hydrogen) atoms.